The van der Waals surface area contributed by atoms with Crippen LogP contribution in [0, 0.1) is 0 Å². The van der Waals surface area contributed by atoms with Crippen molar-refractivity contribution in [3.05, 3.63) is 47.5 Å². The molecule has 0 aromatic heterocycles. The topological polar surface area (TPSA) is 306 Å². The van der Waals surface area contributed by atoms with Gasteiger partial charge in [-0.15, -0.1) is 11.8 Å². The Kier molecular flexibility index (Phi) is 19.7. The summed E-state index contributed by atoms with van der Waals surface area (Å²) in [5, 5.41) is 52.1. The van der Waals surface area contributed by atoms with Gasteiger partial charge in [-0.05, 0) is 63.8 Å². The smallest absolute Gasteiger partial charge is 0.342 e. The molecule has 3 atom stereocenters. The number of hydrogen-bond acceptors (Lipinski definition) is 20. The molecule has 0 spiro atoms. The molecule has 2 aromatic carbocycles. The number of esters is 5. The van der Waals surface area contributed by atoms with Crippen LogP contribution in [0.4, 0.5) is 0 Å². The summed E-state index contributed by atoms with van der Waals surface area (Å²) >= 11 is 1.40. The highest BCUT2D eigenvalue weighted by atomic mass is 32.2. The van der Waals surface area contributed by atoms with E-state index >= 15 is 0 Å². The van der Waals surface area contributed by atoms with Crippen LogP contribution in [0.1, 0.15) is 85.9 Å². The molecule has 2 aromatic rings. The summed E-state index contributed by atoms with van der Waals surface area (Å²) in [4.78, 5) is 103. The van der Waals surface area contributed by atoms with Crippen molar-refractivity contribution in [2.45, 2.75) is 87.4 Å². The fourth-order valence-electron chi connectivity index (χ4n) is 6.91. The van der Waals surface area contributed by atoms with Crippen molar-refractivity contribution < 1.29 is 87.7 Å². The van der Waals surface area contributed by atoms with E-state index in [-0.39, 0.29) is 121 Å². The summed E-state index contributed by atoms with van der Waals surface area (Å²) in [5.74, 6) is -7.26. The first-order chi connectivity index (χ1) is 31.4. The van der Waals surface area contributed by atoms with Crippen molar-refractivity contribution >= 4 is 59.3 Å². The highest BCUT2D eigenvalue weighted by Crippen LogP contribution is 2.51. The number of carbonyl (C=O) groups excluding carboxylic acids is 8. The van der Waals surface area contributed by atoms with Gasteiger partial charge in [-0.25, -0.2) is 19.4 Å². The molecule has 0 radical (unpaired) electrons. The minimum atomic E-state index is -0.897. The van der Waals surface area contributed by atoms with Crippen molar-refractivity contribution in [1.29, 1.82) is 0 Å². The first-order valence-corrected chi connectivity index (χ1v) is 22.0. The number of carbonyl (C=O) groups is 8. The lowest BCUT2D eigenvalue weighted by molar-refractivity contribution is -0.166. The van der Waals surface area contributed by atoms with E-state index in [0.717, 1.165) is 0 Å². The number of hydroxylamine groups is 2. The maximum atomic E-state index is 12.9. The molecule has 0 unspecified atom stereocenters. The third kappa shape index (κ3) is 14.6. The van der Waals surface area contributed by atoms with E-state index in [1.165, 1.54) is 60.2 Å². The average Bonchev–Trinajstić information content (AvgIpc) is 3.54. The van der Waals surface area contributed by atoms with E-state index in [0.29, 0.717) is 5.06 Å². The fraction of sp³-hybridized carbons (Fsp3) is 0.535. The molecule has 2 aliphatic heterocycles. The van der Waals surface area contributed by atoms with E-state index in [9.17, 15) is 64.0 Å². The van der Waals surface area contributed by atoms with Crippen molar-refractivity contribution in [2.75, 3.05) is 59.7 Å². The van der Waals surface area contributed by atoms with Gasteiger partial charge < -0.3 is 54.3 Å². The Morgan fingerprint density at radius 2 is 1.23 bits per heavy atom. The van der Waals surface area contributed by atoms with Crippen LogP contribution in [-0.4, -0.2) is 170 Å². The SMILES string of the molecule is COC(=O)[C@@H]1N2C(=O)[C@@H](NC(=O)CCCCN(O)C(=O)CCN(CCOC(=O)CCCOC(=O)c3cccc(O)c3O)CCOC(=O)CCCOC(=O)c3cccc(O)c3O)[C@H]2SC1(C)C. The molecule has 362 valence electrons. The molecule has 66 heavy (non-hydrogen) atoms. The highest BCUT2D eigenvalue weighted by molar-refractivity contribution is 8.01. The fourth-order valence-corrected chi connectivity index (χ4v) is 8.53. The van der Waals surface area contributed by atoms with Crippen LogP contribution in [0.3, 0.4) is 0 Å². The quantitative estimate of drug-likeness (QED) is 0.0149. The zero-order chi connectivity index (χ0) is 48.6. The molecule has 3 amide bonds. The van der Waals surface area contributed by atoms with Gasteiger partial charge in [0, 0.05) is 56.6 Å². The van der Waals surface area contributed by atoms with E-state index in [4.69, 9.17) is 23.7 Å². The number of phenolic OH excluding ortho intramolecular Hbond substituents is 4. The third-order valence-corrected chi connectivity index (χ3v) is 12.0. The molecule has 2 saturated heterocycles. The van der Waals surface area contributed by atoms with Gasteiger partial charge in [0.05, 0.1) is 20.3 Å². The van der Waals surface area contributed by atoms with Gasteiger partial charge in [0.15, 0.2) is 23.0 Å². The van der Waals surface area contributed by atoms with Crippen LogP contribution in [0.15, 0.2) is 36.4 Å². The van der Waals surface area contributed by atoms with E-state index in [1.807, 2.05) is 13.8 Å². The van der Waals surface area contributed by atoms with Crippen LogP contribution in [0.5, 0.6) is 23.0 Å². The number of nitrogens with zero attached hydrogens (tertiary/aromatic N) is 3. The Labute approximate surface area is 384 Å². The minimum absolute atomic E-state index is 0.0157. The summed E-state index contributed by atoms with van der Waals surface area (Å²) in [7, 11) is 1.25. The summed E-state index contributed by atoms with van der Waals surface area (Å²) in [6, 6.07) is 6.05. The van der Waals surface area contributed by atoms with Crippen LogP contribution < -0.4 is 5.32 Å². The zero-order valence-corrected chi connectivity index (χ0v) is 37.6. The summed E-state index contributed by atoms with van der Waals surface area (Å²) < 4.78 is 24.9. The highest BCUT2D eigenvalue weighted by Gasteiger charge is 2.64. The molecule has 2 aliphatic rings. The normalized spacial score (nSPS) is 17.0. The number of thioether (sulfide) groups is 1. The monoisotopic (exact) mass is 948 g/mol. The van der Waals surface area contributed by atoms with E-state index in [2.05, 4.69) is 5.32 Å². The molecule has 2 heterocycles. The Bertz CT molecular complexity index is 1990. The predicted octanol–water partition coefficient (Wildman–Crippen LogP) is 1.97. The van der Waals surface area contributed by atoms with Gasteiger partial charge in [0.1, 0.15) is 41.8 Å². The molecular formula is C43H56N4O18S. The van der Waals surface area contributed by atoms with Crippen molar-refractivity contribution in [3.63, 3.8) is 0 Å². The summed E-state index contributed by atoms with van der Waals surface area (Å²) in [5.41, 5.74) is -0.488. The van der Waals surface area contributed by atoms with Gasteiger partial charge >= 0.3 is 29.8 Å². The van der Waals surface area contributed by atoms with Gasteiger partial charge in [-0.2, -0.15) is 0 Å². The van der Waals surface area contributed by atoms with Crippen LogP contribution in [-0.2, 0) is 52.5 Å². The number of rotatable bonds is 26. The lowest BCUT2D eigenvalue weighted by Crippen LogP contribution is -2.70. The number of β-lactam (4-membered cyclic amide) rings is 1. The van der Waals surface area contributed by atoms with Crippen LogP contribution >= 0.6 is 11.8 Å². The molecule has 0 aliphatic carbocycles. The predicted molar refractivity (Wildman–Crippen MR) is 229 cm³/mol. The molecule has 2 fully saturated rings. The number of hydrogen-bond donors (Lipinski definition) is 6. The lowest BCUT2D eigenvalue weighted by atomic mass is 9.96. The first kappa shape index (κ1) is 52.3. The maximum absolute atomic E-state index is 12.9. The second-order valence-electron chi connectivity index (χ2n) is 15.7. The molecular weight excluding hydrogens is 893 g/mol. The van der Waals surface area contributed by atoms with Crippen LogP contribution in [0.25, 0.3) is 0 Å². The molecule has 0 bridgehead atoms. The summed E-state index contributed by atoms with van der Waals surface area (Å²) in [6.45, 7) is 3.12. The van der Waals surface area contributed by atoms with E-state index < -0.39 is 86.9 Å². The zero-order valence-electron chi connectivity index (χ0n) is 36.8. The number of aromatic hydroxyl groups is 4. The molecule has 0 saturated carbocycles. The number of phenols is 4. The lowest BCUT2D eigenvalue weighted by Gasteiger charge is -2.43. The largest absolute Gasteiger partial charge is 0.504 e. The standard InChI is InChI=1S/C43H56N4O18S/c1-43(2)37(42(59)61-3)47-38(56)34(39(47)66-43)44-30(50)14-4-5-18-46(60)31(51)17-19-45(20-24-62-32(52)15-8-22-64-40(57)26-10-6-12-28(48)35(26)54)21-25-63-33(53)16-9-23-65-41(58)27-11-7-13-29(49)36(27)55/h6-7,10-13,34,37,39,48-49,54-55,60H,4-5,8-9,14-25H2,1-3H3,(H,44,50)/t34-,37+,39-/m1/s1. The summed E-state index contributed by atoms with van der Waals surface area (Å²) in [6.07, 6.45) is 0.265. The number of para-hydroxylation sites is 2. The number of benzene rings is 2. The second-order valence-corrected chi connectivity index (χ2v) is 17.4. The number of amides is 3. The first-order valence-electron chi connectivity index (χ1n) is 21.1. The minimum Gasteiger partial charge on any atom is -0.504 e. The van der Waals surface area contributed by atoms with Crippen LogP contribution in [0.2, 0.25) is 0 Å². The van der Waals surface area contributed by atoms with Crippen molar-refractivity contribution in [1.82, 2.24) is 20.2 Å². The molecule has 23 heteroatoms. The van der Waals surface area contributed by atoms with Gasteiger partial charge in [0.25, 0.3) is 0 Å². The van der Waals surface area contributed by atoms with Gasteiger partial charge in [-0.3, -0.25) is 34.1 Å². The number of methoxy groups -OCH3 is 1. The second kappa shape index (κ2) is 24.8. The average molecular weight is 949 g/mol. The van der Waals surface area contributed by atoms with Crippen molar-refractivity contribution in [3.8, 4) is 23.0 Å². The Morgan fingerprint density at radius 1 is 0.697 bits per heavy atom. The van der Waals surface area contributed by atoms with Gasteiger partial charge in [-0.1, -0.05) is 12.1 Å². The Morgan fingerprint density at radius 3 is 1.74 bits per heavy atom. The Hall–Kier alpha value is -6.33. The Balaban J connectivity index is 1.17. The number of nitrogens with one attached hydrogen (secondary N) is 1. The molecule has 6 N–H and O–H groups in total. The number of ether oxygens (including phenoxy) is 5. The number of fused-ring (bicyclic) bond motifs is 1. The van der Waals surface area contributed by atoms with E-state index in [1.54, 1.807) is 4.90 Å². The third-order valence-electron chi connectivity index (χ3n) is 10.5. The molecule has 4 rings (SSSR count). The molecule has 22 nitrogen and oxygen atoms in total. The van der Waals surface area contributed by atoms with Crippen molar-refractivity contribution in [2.24, 2.45) is 0 Å². The van der Waals surface area contributed by atoms with Gasteiger partial charge in [0.2, 0.25) is 17.7 Å². The number of unbranched alkanes of at least 4 members (excludes halogenated alkanes) is 1. The maximum Gasteiger partial charge on any atom is 0.342 e.